The molecular formula is C15H22BrNO2. The standard InChI is InChI=1S/C15H22BrNO2/c1-15(5-3-4-6-15)10-17-9-11-7-12(16)14(18)13(8-11)19-2/h7-8,17-18H,3-6,9-10H2,1-2H3. The highest BCUT2D eigenvalue weighted by Gasteiger charge is 2.27. The van der Waals surface area contributed by atoms with E-state index in [0.717, 1.165) is 18.7 Å². The van der Waals surface area contributed by atoms with Gasteiger partial charge in [0.25, 0.3) is 0 Å². The van der Waals surface area contributed by atoms with E-state index in [1.807, 2.05) is 12.1 Å². The van der Waals surface area contributed by atoms with Crippen LogP contribution in [0.1, 0.15) is 38.2 Å². The summed E-state index contributed by atoms with van der Waals surface area (Å²) in [5.41, 5.74) is 1.57. The van der Waals surface area contributed by atoms with Crippen molar-refractivity contribution in [2.24, 2.45) is 5.41 Å². The molecule has 0 saturated heterocycles. The Morgan fingerprint density at radius 2 is 2.05 bits per heavy atom. The molecule has 4 heteroatoms. The first-order valence-corrected chi connectivity index (χ1v) is 7.59. The fraction of sp³-hybridized carbons (Fsp3) is 0.600. The van der Waals surface area contributed by atoms with Crippen LogP contribution in [0.5, 0.6) is 11.5 Å². The lowest BCUT2D eigenvalue weighted by Gasteiger charge is -2.24. The van der Waals surface area contributed by atoms with Gasteiger partial charge in [-0.2, -0.15) is 0 Å². The molecule has 0 aliphatic heterocycles. The van der Waals surface area contributed by atoms with E-state index >= 15 is 0 Å². The molecule has 2 rings (SSSR count). The maximum atomic E-state index is 9.77. The molecule has 0 amide bonds. The minimum absolute atomic E-state index is 0.161. The van der Waals surface area contributed by atoms with Gasteiger partial charge in [0.15, 0.2) is 11.5 Å². The summed E-state index contributed by atoms with van der Waals surface area (Å²) >= 11 is 3.35. The summed E-state index contributed by atoms with van der Waals surface area (Å²) in [7, 11) is 1.57. The molecule has 0 bridgehead atoms. The monoisotopic (exact) mass is 327 g/mol. The normalized spacial score (nSPS) is 17.6. The molecular weight excluding hydrogens is 306 g/mol. The molecule has 0 atom stereocenters. The van der Waals surface area contributed by atoms with Crippen molar-refractivity contribution in [2.45, 2.75) is 39.2 Å². The zero-order valence-electron chi connectivity index (χ0n) is 11.6. The van der Waals surface area contributed by atoms with Gasteiger partial charge in [-0.3, -0.25) is 0 Å². The fourth-order valence-electron chi connectivity index (χ4n) is 2.80. The molecule has 0 spiro atoms. The second-order valence-corrected chi connectivity index (χ2v) is 6.60. The maximum absolute atomic E-state index is 9.77. The van der Waals surface area contributed by atoms with Crippen LogP contribution in [0.3, 0.4) is 0 Å². The second kappa shape index (κ2) is 6.14. The predicted molar refractivity (Wildman–Crippen MR) is 80.6 cm³/mol. The van der Waals surface area contributed by atoms with Crippen molar-refractivity contribution < 1.29 is 9.84 Å². The first-order valence-electron chi connectivity index (χ1n) is 6.80. The topological polar surface area (TPSA) is 41.5 Å². The predicted octanol–water partition coefficient (Wildman–Crippen LogP) is 3.83. The van der Waals surface area contributed by atoms with Crippen LogP contribution < -0.4 is 10.1 Å². The minimum atomic E-state index is 0.161. The number of aromatic hydroxyl groups is 1. The van der Waals surface area contributed by atoms with Gasteiger partial charge >= 0.3 is 0 Å². The largest absolute Gasteiger partial charge is 0.503 e. The Morgan fingerprint density at radius 1 is 1.37 bits per heavy atom. The number of hydrogen-bond donors (Lipinski definition) is 2. The number of nitrogens with one attached hydrogen (secondary N) is 1. The molecule has 1 aliphatic rings. The number of benzene rings is 1. The van der Waals surface area contributed by atoms with Crippen LogP contribution in [0, 0.1) is 5.41 Å². The van der Waals surface area contributed by atoms with Crippen LogP contribution >= 0.6 is 15.9 Å². The second-order valence-electron chi connectivity index (χ2n) is 5.75. The molecule has 0 radical (unpaired) electrons. The first kappa shape index (κ1) is 14.7. The van der Waals surface area contributed by atoms with E-state index in [1.165, 1.54) is 25.7 Å². The molecule has 0 aromatic heterocycles. The summed E-state index contributed by atoms with van der Waals surface area (Å²) in [6.45, 7) is 4.21. The lowest BCUT2D eigenvalue weighted by atomic mass is 9.89. The molecule has 1 aliphatic carbocycles. The van der Waals surface area contributed by atoms with E-state index in [2.05, 4.69) is 28.2 Å². The summed E-state index contributed by atoms with van der Waals surface area (Å²) in [6, 6.07) is 3.81. The summed E-state index contributed by atoms with van der Waals surface area (Å²) in [5.74, 6) is 0.673. The Kier molecular flexibility index (Phi) is 4.74. The number of rotatable bonds is 5. The molecule has 19 heavy (non-hydrogen) atoms. The van der Waals surface area contributed by atoms with Gasteiger partial charge in [-0.15, -0.1) is 0 Å². The number of phenols is 1. The number of methoxy groups -OCH3 is 1. The van der Waals surface area contributed by atoms with Crippen molar-refractivity contribution >= 4 is 15.9 Å². The number of phenolic OH excluding ortho intramolecular Hbond substituents is 1. The van der Waals surface area contributed by atoms with Crippen molar-refractivity contribution in [3.05, 3.63) is 22.2 Å². The average molecular weight is 328 g/mol. The van der Waals surface area contributed by atoms with Gasteiger partial charge in [0.2, 0.25) is 0 Å². The van der Waals surface area contributed by atoms with E-state index in [9.17, 15) is 5.11 Å². The molecule has 0 heterocycles. The van der Waals surface area contributed by atoms with Crippen LogP contribution in [0.15, 0.2) is 16.6 Å². The maximum Gasteiger partial charge on any atom is 0.172 e. The number of ether oxygens (including phenoxy) is 1. The molecule has 2 N–H and O–H groups in total. The van der Waals surface area contributed by atoms with E-state index in [-0.39, 0.29) is 5.75 Å². The first-order chi connectivity index (χ1) is 9.04. The number of halogens is 1. The van der Waals surface area contributed by atoms with Crippen molar-refractivity contribution in [3.63, 3.8) is 0 Å². The third kappa shape index (κ3) is 3.63. The van der Waals surface area contributed by atoms with Gasteiger partial charge in [0.05, 0.1) is 11.6 Å². The lowest BCUT2D eigenvalue weighted by molar-refractivity contribution is 0.314. The van der Waals surface area contributed by atoms with Gasteiger partial charge in [-0.05, 0) is 51.9 Å². The molecule has 1 saturated carbocycles. The molecule has 1 aromatic carbocycles. The Labute approximate surface area is 123 Å². The zero-order chi connectivity index (χ0) is 13.9. The van der Waals surface area contributed by atoms with Crippen LogP contribution in [-0.4, -0.2) is 18.8 Å². The summed E-state index contributed by atoms with van der Waals surface area (Å²) < 4.78 is 5.83. The highest BCUT2D eigenvalue weighted by Crippen LogP contribution is 2.37. The third-order valence-electron chi connectivity index (χ3n) is 4.00. The Bertz CT molecular complexity index is 442. The molecule has 1 fully saturated rings. The Morgan fingerprint density at radius 3 is 2.68 bits per heavy atom. The minimum Gasteiger partial charge on any atom is -0.503 e. The van der Waals surface area contributed by atoms with Gasteiger partial charge in [-0.25, -0.2) is 0 Å². The van der Waals surface area contributed by atoms with E-state index in [1.54, 1.807) is 7.11 Å². The number of hydrogen-bond acceptors (Lipinski definition) is 3. The zero-order valence-corrected chi connectivity index (χ0v) is 13.2. The molecule has 0 unspecified atom stereocenters. The van der Waals surface area contributed by atoms with Crippen LogP contribution in [-0.2, 0) is 6.54 Å². The van der Waals surface area contributed by atoms with Gasteiger partial charge in [0.1, 0.15) is 0 Å². The summed E-state index contributed by atoms with van der Waals surface area (Å²) in [5, 5.41) is 13.3. The molecule has 1 aromatic rings. The Balaban J connectivity index is 1.94. The molecule has 106 valence electrons. The van der Waals surface area contributed by atoms with Gasteiger partial charge in [0, 0.05) is 13.1 Å². The van der Waals surface area contributed by atoms with E-state index < -0.39 is 0 Å². The SMILES string of the molecule is COc1cc(CNCC2(C)CCCC2)cc(Br)c1O. The smallest absolute Gasteiger partial charge is 0.172 e. The summed E-state index contributed by atoms with van der Waals surface area (Å²) in [6.07, 6.45) is 5.36. The van der Waals surface area contributed by atoms with Crippen LogP contribution in [0.2, 0.25) is 0 Å². The molecule has 3 nitrogen and oxygen atoms in total. The van der Waals surface area contributed by atoms with E-state index in [4.69, 9.17) is 4.74 Å². The van der Waals surface area contributed by atoms with Crippen molar-refractivity contribution in [1.82, 2.24) is 5.32 Å². The lowest BCUT2D eigenvalue weighted by Crippen LogP contribution is -2.29. The van der Waals surface area contributed by atoms with Crippen LogP contribution in [0.25, 0.3) is 0 Å². The summed E-state index contributed by atoms with van der Waals surface area (Å²) in [4.78, 5) is 0. The average Bonchev–Trinajstić information content (AvgIpc) is 2.80. The fourth-order valence-corrected chi connectivity index (χ4v) is 3.29. The Hall–Kier alpha value is -0.740. The van der Waals surface area contributed by atoms with Crippen molar-refractivity contribution in [1.29, 1.82) is 0 Å². The highest BCUT2D eigenvalue weighted by atomic mass is 79.9. The third-order valence-corrected chi connectivity index (χ3v) is 4.60. The van der Waals surface area contributed by atoms with Crippen LogP contribution in [0.4, 0.5) is 0 Å². The van der Waals surface area contributed by atoms with E-state index in [0.29, 0.717) is 15.6 Å². The van der Waals surface area contributed by atoms with Gasteiger partial charge < -0.3 is 15.2 Å². The van der Waals surface area contributed by atoms with Crippen molar-refractivity contribution in [2.75, 3.05) is 13.7 Å². The van der Waals surface area contributed by atoms with Crippen molar-refractivity contribution in [3.8, 4) is 11.5 Å². The van der Waals surface area contributed by atoms with Gasteiger partial charge in [-0.1, -0.05) is 19.8 Å². The highest BCUT2D eigenvalue weighted by molar-refractivity contribution is 9.10. The quantitative estimate of drug-likeness (QED) is 0.863.